The van der Waals surface area contributed by atoms with E-state index in [0.29, 0.717) is 30.7 Å². The van der Waals surface area contributed by atoms with E-state index in [2.05, 4.69) is 26.8 Å². The number of fused-ring (bicyclic) bond motifs is 1. The Balaban J connectivity index is 1.51. The molecule has 1 aromatic heterocycles. The van der Waals surface area contributed by atoms with E-state index in [1.807, 2.05) is 25.8 Å². The van der Waals surface area contributed by atoms with Crippen LogP contribution in [0.5, 0.6) is 5.75 Å². The smallest absolute Gasteiger partial charge is 0.419 e. The molecule has 2 aliphatic heterocycles. The Labute approximate surface area is 228 Å². The Morgan fingerprint density at radius 3 is 2.38 bits per heavy atom. The molecule has 0 amide bonds. The Bertz CT molecular complexity index is 1440. The summed E-state index contributed by atoms with van der Waals surface area (Å²) >= 11 is 0. The van der Waals surface area contributed by atoms with Gasteiger partial charge in [-0.05, 0) is 51.2 Å². The molecule has 2 aliphatic rings. The molecule has 3 heterocycles. The van der Waals surface area contributed by atoms with Crippen molar-refractivity contribution in [1.82, 2.24) is 14.9 Å². The standard InChI is InChI=1S/C28H29F5N6O/c1-16(2)39-17(3)15-40-26-22(30)11-18(12-24(26)39)25-20(28(31,32)33)14-34-27(36-25)35-19-5-6-23(21(29)13-19)38-9-7-37(4)8-10-38/h5-6,11-14,16H,3,7-10,15H2,1-2,4H3,(H,34,35,36). The zero-order valence-corrected chi connectivity index (χ0v) is 22.3. The SMILES string of the molecule is C=C1COc2c(F)cc(-c3nc(Nc4ccc(N5CCN(C)CC5)c(F)c4)ncc3C(F)(F)F)cc2N1C(C)C. The zero-order chi connectivity index (χ0) is 28.8. The first-order valence-electron chi connectivity index (χ1n) is 12.8. The number of piperazine rings is 1. The van der Waals surface area contributed by atoms with Crippen LogP contribution in [0.25, 0.3) is 11.3 Å². The number of rotatable bonds is 5. The van der Waals surface area contributed by atoms with Gasteiger partial charge in [0.2, 0.25) is 5.95 Å². The first-order chi connectivity index (χ1) is 18.9. The van der Waals surface area contributed by atoms with Gasteiger partial charge in [-0.1, -0.05) is 6.58 Å². The van der Waals surface area contributed by atoms with Crippen molar-refractivity contribution in [3.63, 3.8) is 0 Å². The minimum Gasteiger partial charge on any atom is -0.482 e. The van der Waals surface area contributed by atoms with Crippen LogP contribution in [-0.4, -0.2) is 60.7 Å². The monoisotopic (exact) mass is 560 g/mol. The maximum atomic E-state index is 15.1. The van der Waals surface area contributed by atoms with Gasteiger partial charge in [-0.2, -0.15) is 13.2 Å². The lowest BCUT2D eigenvalue weighted by atomic mass is 10.0. The number of nitrogens with zero attached hydrogens (tertiary/aromatic N) is 5. The molecule has 0 unspecified atom stereocenters. The van der Waals surface area contributed by atoms with Crippen LogP contribution in [0.4, 0.5) is 45.0 Å². The molecule has 0 radical (unpaired) electrons. The number of likely N-dealkylation sites (N-methyl/N-ethyl adjacent to an activating group) is 1. The molecule has 0 bridgehead atoms. The average molecular weight is 561 g/mol. The topological polar surface area (TPSA) is 56.8 Å². The molecule has 2 aromatic carbocycles. The number of ether oxygens (including phenoxy) is 1. The van der Waals surface area contributed by atoms with Crippen molar-refractivity contribution in [2.75, 3.05) is 55.0 Å². The molecule has 1 fully saturated rings. The van der Waals surface area contributed by atoms with Gasteiger partial charge in [-0.15, -0.1) is 0 Å². The summed E-state index contributed by atoms with van der Waals surface area (Å²) in [5.41, 5.74) is -0.285. The molecule has 1 N–H and O–H groups in total. The van der Waals surface area contributed by atoms with E-state index < -0.39 is 29.1 Å². The number of hydrogen-bond donors (Lipinski definition) is 1. The molecule has 5 rings (SSSR count). The molecule has 0 spiro atoms. The summed E-state index contributed by atoms with van der Waals surface area (Å²) < 4.78 is 77.6. The van der Waals surface area contributed by atoms with Crippen LogP contribution in [0.15, 0.2) is 48.8 Å². The second-order valence-electron chi connectivity index (χ2n) is 10.2. The molecule has 1 saturated heterocycles. The van der Waals surface area contributed by atoms with Crippen LogP contribution in [0.3, 0.4) is 0 Å². The van der Waals surface area contributed by atoms with Gasteiger partial charge in [-0.25, -0.2) is 18.7 Å². The molecular formula is C28H29F5N6O. The molecule has 0 atom stereocenters. The van der Waals surface area contributed by atoms with Crippen molar-refractivity contribution in [3.05, 3.63) is 66.0 Å². The number of anilines is 4. The molecule has 12 heteroatoms. The summed E-state index contributed by atoms with van der Waals surface area (Å²) in [5, 5.41) is 2.78. The lowest BCUT2D eigenvalue weighted by Gasteiger charge is -2.36. The fraction of sp³-hybridized carbons (Fsp3) is 0.357. The summed E-state index contributed by atoms with van der Waals surface area (Å²) in [7, 11) is 2.00. The third-order valence-electron chi connectivity index (χ3n) is 6.94. The van der Waals surface area contributed by atoms with Crippen LogP contribution >= 0.6 is 0 Å². The predicted molar refractivity (Wildman–Crippen MR) is 144 cm³/mol. The highest BCUT2D eigenvalue weighted by Crippen LogP contribution is 2.44. The molecule has 212 valence electrons. The zero-order valence-electron chi connectivity index (χ0n) is 22.3. The van der Waals surface area contributed by atoms with Crippen LogP contribution < -0.4 is 19.9 Å². The van der Waals surface area contributed by atoms with Gasteiger partial charge in [0.15, 0.2) is 11.6 Å². The van der Waals surface area contributed by atoms with Crippen molar-refractivity contribution in [1.29, 1.82) is 0 Å². The third-order valence-corrected chi connectivity index (χ3v) is 6.94. The molecular weight excluding hydrogens is 531 g/mol. The van der Waals surface area contributed by atoms with Crippen LogP contribution in [0.2, 0.25) is 0 Å². The number of halogens is 5. The van der Waals surface area contributed by atoms with Crippen LogP contribution in [0.1, 0.15) is 19.4 Å². The Morgan fingerprint density at radius 1 is 1.00 bits per heavy atom. The van der Waals surface area contributed by atoms with Gasteiger partial charge >= 0.3 is 6.18 Å². The van der Waals surface area contributed by atoms with Crippen LogP contribution in [0, 0.1) is 11.6 Å². The van der Waals surface area contributed by atoms with Crippen molar-refractivity contribution < 1.29 is 26.7 Å². The summed E-state index contributed by atoms with van der Waals surface area (Å²) in [6.45, 7) is 10.7. The van der Waals surface area contributed by atoms with Gasteiger partial charge < -0.3 is 24.8 Å². The van der Waals surface area contributed by atoms with Crippen molar-refractivity contribution in [3.8, 4) is 17.0 Å². The van der Waals surface area contributed by atoms with E-state index in [-0.39, 0.29) is 41.3 Å². The first kappa shape index (κ1) is 27.6. The number of nitrogens with one attached hydrogen (secondary N) is 1. The van der Waals surface area contributed by atoms with E-state index in [4.69, 9.17) is 4.74 Å². The lowest BCUT2D eigenvalue weighted by Crippen LogP contribution is -2.44. The van der Waals surface area contributed by atoms with Gasteiger partial charge in [0, 0.05) is 55.4 Å². The quantitative estimate of drug-likeness (QED) is 0.381. The minimum absolute atomic E-state index is 0.0565. The van der Waals surface area contributed by atoms with Gasteiger partial charge in [-0.3, -0.25) is 0 Å². The Hall–Kier alpha value is -3.93. The van der Waals surface area contributed by atoms with E-state index >= 15 is 4.39 Å². The van der Waals surface area contributed by atoms with Crippen molar-refractivity contribution in [2.45, 2.75) is 26.1 Å². The second kappa shape index (κ2) is 10.6. The highest BCUT2D eigenvalue weighted by molar-refractivity contribution is 5.76. The fourth-order valence-electron chi connectivity index (χ4n) is 4.96. The normalized spacial score (nSPS) is 16.3. The van der Waals surface area contributed by atoms with E-state index in [1.165, 1.54) is 12.1 Å². The largest absolute Gasteiger partial charge is 0.482 e. The second-order valence-corrected chi connectivity index (χ2v) is 10.2. The molecule has 7 nitrogen and oxygen atoms in total. The average Bonchev–Trinajstić information content (AvgIpc) is 2.88. The number of benzene rings is 2. The summed E-state index contributed by atoms with van der Waals surface area (Å²) in [4.78, 5) is 13.7. The van der Waals surface area contributed by atoms with Gasteiger partial charge in [0.05, 0.1) is 17.1 Å². The molecule has 0 saturated carbocycles. The highest BCUT2D eigenvalue weighted by atomic mass is 19.4. The number of aromatic nitrogens is 2. The van der Waals surface area contributed by atoms with E-state index in [0.717, 1.165) is 19.2 Å². The minimum atomic E-state index is -4.81. The van der Waals surface area contributed by atoms with Crippen molar-refractivity contribution >= 4 is 23.0 Å². The maximum Gasteiger partial charge on any atom is 0.419 e. The van der Waals surface area contributed by atoms with E-state index in [9.17, 15) is 17.6 Å². The summed E-state index contributed by atoms with van der Waals surface area (Å²) in [6.07, 6.45) is -4.18. The van der Waals surface area contributed by atoms with Crippen LogP contribution in [-0.2, 0) is 6.18 Å². The number of hydrogen-bond acceptors (Lipinski definition) is 7. The van der Waals surface area contributed by atoms with E-state index in [1.54, 1.807) is 17.0 Å². The predicted octanol–water partition coefficient (Wildman–Crippen LogP) is 6.06. The van der Waals surface area contributed by atoms with Gasteiger partial charge in [0.1, 0.15) is 18.0 Å². The molecule has 40 heavy (non-hydrogen) atoms. The summed E-state index contributed by atoms with van der Waals surface area (Å²) in [5.74, 6) is -1.57. The highest BCUT2D eigenvalue weighted by Gasteiger charge is 2.37. The van der Waals surface area contributed by atoms with Crippen molar-refractivity contribution in [2.24, 2.45) is 0 Å². The maximum absolute atomic E-state index is 15.1. The lowest BCUT2D eigenvalue weighted by molar-refractivity contribution is -0.137. The Morgan fingerprint density at radius 2 is 1.73 bits per heavy atom. The third kappa shape index (κ3) is 5.40. The number of alkyl halides is 3. The first-order valence-corrected chi connectivity index (χ1v) is 12.8. The Kier molecular flexibility index (Phi) is 7.30. The molecule has 0 aliphatic carbocycles. The van der Waals surface area contributed by atoms with Gasteiger partial charge in [0.25, 0.3) is 0 Å². The molecule has 3 aromatic rings. The summed E-state index contributed by atoms with van der Waals surface area (Å²) in [6, 6.07) is 6.67. The fourth-order valence-corrected chi connectivity index (χ4v) is 4.96.